The molecule has 2 heterocycles. The Morgan fingerprint density at radius 2 is 2.06 bits per heavy atom. The van der Waals surface area contributed by atoms with Crippen LogP contribution in [0.15, 0.2) is 0 Å². The molecule has 104 valence electrons. The number of rotatable bonds is 3. The van der Waals surface area contributed by atoms with Gasteiger partial charge in [-0.3, -0.25) is 4.79 Å². The van der Waals surface area contributed by atoms with Gasteiger partial charge in [-0.1, -0.05) is 0 Å². The van der Waals surface area contributed by atoms with Gasteiger partial charge in [-0.05, 0) is 12.8 Å². The highest BCUT2D eigenvalue weighted by molar-refractivity contribution is 7.88. The molecule has 2 aliphatic heterocycles. The number of ether oxygens (including phenoxy) is 1. The summed E-state index contributed by atoms with van der Waals surface area (Å²) in [5.41, 5.74) is -0.527. The SMILES string of the molecule is CS(=O)(=O)N1CCC2(CC1)CC(CCO)OC2=O. The molecule has 0 aromatic rings. The average molecular weight is 277 g/mol. The van der Waals surface area contributed by atoms with Gasteiger partial charge in [0.1, 0.15) is 6.10 Å². The van der Waals surface area contributed by atoms with Crippen molar-refractivity contribution in [2.75, 3.05) is 26.0 Å². The number of hydrogen-bond donors (Lipinski definition) is 1. The molecule has 0 saturated carbocycles. The maximum atomic E-state index is 11.9. The van der Waals surface area contributed by atoms with Crippen LogP contribution in [0.5, 0.6) is 0 Å². The second-order valence-electron chi connectivity index (χ2n) is 5.19. The number of carbonyl (C=O) groups excluding carboxylic acids is 1. The van der Waals surface area contributed by atoms with Crippen LogP contribution in [0.3, 0.4) is 0 Å². The molecule has 1 N–H and O–H groups in total. The zero-order valence-corrected chi connectivity index (χ0v) is 11.3. The second kappa shape index (κ2) is 4.79. The van der Waals surface area contributed by atoms with Crippen molar-refractivity contribution >= 4 is 16.0 Å². The first kappa shape index (κ1) is 13.8. The second-order valence-corrected chi connectivity index (χ2v) is 7.17. The fraction of sp³-hybridized carbons (Fsp3) is 0.909. The Kier molecular flexibility index (Phi) is 3.66. The average Bonchev–Trinajstić information content (AvgIpc) is 2.55. The summed E-state index contributed by atoms with van der Waals surface area (Å²) >= 11 is 0. The van der Waals surface area contributed by atoms with Gasteiger partial charge in [0.15, 0.2) is 0 Å². The van der Waals surface area contributed by atoms with Crippen molar-refractivity contribution in [1.29, 1.82) is 0 Å². The van der Waals surface area contributed by atoms with E-state index in [9.17, 15) is 13.2 Å². The van der Waals surface area contributed by atoms with Crippen molar-refractivity contribution in [1.82, 2.24) is 4.31 Å². The molecular formula is C11H19NO5S. The minimum absolute atomic E-state index is 0.00346. The highest BCUT2D eigenvalue weighted by atomic mass is 32.2. The summed E-state index contributed by atoms with van der Waals surface area (Å²) in [6, 6.07) is 0. The predicted octanol–water partition coefficient (Wildman–Crippen LogP) is -0.274. The first-order valence-electron chi connectivity index (χ1n) is 6.14. The predicted molar refractivity (Wildman–Crippen MR) is 64.3 cm³/mol. The molecule has 0 aromatic carbocycles. The zero-order chi connectivity index (χ0) is 13.4. The molecule has 1 unspecified atom stereocenters. The largest absolute Gasteiger partial charge is 0.462 e. The summed E-state index contributed by atoms with van der Waals surface area (Å²) in [4.78, 5) is 11.9. The third-order valence-electron chi connectivity index (χ3n) is 3.92. The standard InChI is InChI=1S/C11H19NO5S/c1-18(15,16)12-5-3-11(4-6-12)8-9(2-7-13)17-10(11)14/h9,13H,2-8H2,1H3. The molecule has 1 atom stereocenters. The number of aliphatic hydroxyl groups is 1. The molecule has 2 fully saturated rings. The Balaban J connectivity index is 2.02. The summed E-state index contributed by atoms with van der Waals surface area (Å²) in [5, 5.41) is 8.87. The molecule has 2 aliphatic rings. The Labute approximate surface area is 107 Å². The molecule has 7 heteroatoms. The molecule has 6 nitrogen and oxygen atoms in total. The van der Waals surface area contributed by atoms with Gasteiger partial charge in [-0.2, -0.15) is 0 Å². The normalized spacial score (nSPS) is 28.6. The van der Waals surface area contributed by atoms with Crippen LogP contribution in [0.4, 0.5) is 0 Å². The number of hydrogen-bond acceptors (Lipinski definition) is 5. The van der Waals surface area contributed by atoms with E-state index >= 15 is 0 Å². The van der Waals surface area contributed by atoms with Crippen LogP contribution in [-0.2, 0) is 19.6 Å². The molecule has 1 spiro atoms. The van der Waals surface area contributed by atoms with E-state index in [2.05, 4.69) is 0 Å². The smallest absolute Gasteiger partial charge is 0.312 e. The van der Waals surface area contributed by atoms with E-state index < -0.39 is 15.4 Å². The number of sulfonamides is 1. The monoisotopic (exact) mass is 277 g/mol. The highest BCUT2D eigenvalue weighted by Crippen LogP contribution is 2.44. The van der Waals surface area contributed by atoms with E-state index in [1.165, 1.54) is 10.6 Å². The minimum atomic E-state index is -3.17. The van der Waals surface area contributed by atoms with Crippen LogP contribution in [0.2, 0.25) is 0 Å². The van der Waals surface area contributed by atoms with Crippen LogP contribution in [0.1, 0.15) is 25.7 Å². The van der Waals surface area contributed by atoms with Crippen molar-refractivity contribution < 1.29 is 23.1 Å². The van der Waals surface area contributed by atoms with Crippen molar-refractivity contribution in [2.24, 2.45) is 5.41 Å². The first-order chi connectivity index (χ1) is 8.37. The molecule has 0 aliphatic carbocycles. The van der Waals surface area contributed by atoms with Gasteiger partial charge in [-0.25, -0.2) is 12.7 Å². The van der Waals surface area contributed by atoms with Crippen LogP contribution in [0.25, 0.3) is 0 Å². The lowest BCUT2D eigenvalue weighted by Crippen LogP contribution is -2.44. The number of cyclic esters (lactones) is 1. The molecule has 0 radical (unpaired) electrons. The maximum Gasteiger partial charge on any atom is 0.312 e. The van der Waals surface area contributed by atoms with E-state index in [0.29, 0.717) is 38.8 Å². The topological polar surface area (TPSA) is 83.9 Å². The van der Waals surface area contributed by atoms with Gasteiger partial charge in [0, 0.05) is 32.5 Å². The molecule has 2 rings (SSSR count). The zero-order valence-electron chi connectivity index (χ0n) is 10.5. The lowest BCUT2D eigenvalue weighted by molar-refractivity contribution is -0.150. The van der Waals surface area contributed by atoms with Gasteiger partial charge in [0.2, 0.25) is 10.0 Å². The third kappa shape index (κ3) is 2.53. The van der Waals surface area contributed by atoms with Crippen LogP contribution in [0, 0.1) is 5.41 Å². The van der Waals surface area contributed by atoms with E-state index in [1.54, 1.807) is 0 Å². The Morgan fingerprint density at radius 1 is 1.44 bits per heavy atom. The molecule has 0 amide bonds. The number of piperidine rings is 1. The van der Waals surface area contributed by atoms with E-state index in [0.717, 1.165) is 0 Å². The first-order valence-corrected chi connectivity index (χ1v) is 7.99. The number of aliphatic hydroxyl groups excluding tert-OH is 1. The minimum Gasteiger partial charge on any atom is -0.462 e. The fourth-order valence-electron chi connectivity index (χ4n) is 2.80. The summed E-state index contributed by atoms with van der Waals surface area (Å²) < 4.78 is 29.5. The van der Waals surface area contributed by atoms with Crippen LogP contribution in [-0.4, -0.2) is 55.9 Å². The Hall–Kier alpha value is -0.660. The maximum absolute atomic E-state index is 11.9. The van der Waals surface area contributed by atoms with Crippen molar-refractivity contribution in [3.8, 4) is 0 Å². The van der Waals surface area contributed by atoms with Gasteiger partial charge in [0.25, 0.3) is 0 Å². The number of nitrogens with zero attached hydrogens (tertiary/aromatic N) is 1. The summed E-state index contributed by atoms with van der Waals surface area (Å²) in [7, 11) is -3.17. The summed E-state index contributed by atoms with van der Waals surface area (Å²) in [5.74, 6) is -0.228. The van der Waals surface area contributed by atoms with Crippen molar-refractivity contribution in [3.05, 3.63) is 0 Å². The molecule has 0 bridgehead atoms. The fourth-order valence-corrected chi connectivity index (χ4v) is 3.64. The van der Waals surface area contributed by atoms with Gasteiger partial charge in [-0.15, -0.1) is 0 Å². The molecular weight excluding hydrogens is 258 g/mol. The Bertz CT molecular complexity index is 425. The summed E-state index contributed by atoms with van der Waals surface area (Å²) in [6.07, 6.45) is 3.06. The lowest BCUT2D eigenvalue weighted by Gasteiger charge is -2.35. The van der Waals surface area contributed by atoms with E-state index in [1.807, 2.05) is 0 Å². The van der Waals surface area contributed by atoms with Crippen molar-refractivity contribution in [3.63, 3.8) is 0 Å². The van der Waals surface area contributed by atoms with Crippen LogP contribution < -0.4 is 0 Å². The third-order valence-corrected chi connectivity index (χ3v) is 5.23. The van der Waals surface area contributed by atoms with E-state index in [-0.39, 0.29) is 18.7 Å². The van der Waals surface area contributed by atoms with Gasteiger partial charge in [0.05, 0.1) is 11.7 Å². The van der Waals surface area contributed by atoms with E-state index in [4.69, 9.17) is 9.84 Å². The number of carbonyl (C=O) groups is 1. The van der Waals surface area contributed by atoms with Crippen LogP contribution >= 0.6 is 0 Å². The summed E-state index contributed by atoms with van der Waals surface area (Å²) in [6.45, 7) is 0.753. The highest BCUT2D eigenvalue weighted by Gasteiger charge is 2.50. The number of esters is 1. The Morgan fingerprint density at radius 3 is 2.56 bits per heavy atom. The lowest BCUT2D eigenvalue weighted by atomic mass is 9.76. The molecule has 2 saturated heterocycles. The quantitative estimate of drug-likeness (QED) is 0.718. The van der Waals surface area contributed by atoms with Gasteiger partial charge >= 0.3 is 5.97 Å². The van der Waals surface area contributed by atoms with Crippen molar-refractivity contribution in [2.45, 2.75) is 31.8 Å². The molecule has 0 aromatic heterocycles. The molecule has 18 heavy (non-hydrogen) atoms. The van der Waals surface area contributed by atoms with Gasteiger partial charge < -0.3 is 9.84 Å².